The second-order valence-corrected chi connectivity index (χ2v) is 5.17. The molecule has 0 aromatic rings. The van der Waals surface area contributed by atoms with E-state index in [2.05, 4.69) is 19.2 Å². The molecule has 0 radical (unpaired) electrons. The highest BCUT2D eigenvalue weighted by atomic mass is 14.9. The Morgan fingerprint density at radius 2 is 2.00 bits per heavy atom. The maximum atomic E-state index is 3.74. The molecular formula is C12H23N. The first-order valence-corrected chi connectivity index (χ1v) is 6.03. The van der Waals surface area contributed by atoms with Crippen LogP contribution in [-0.2, 0) is 0 Å². The third-order valence-corrected chi connectivity index (χ3v) is 4.06. The average Bonchev–Trinajstić information content (AvgIpc) is 2.68. The summed E-state index contributed by atoms with van der Waals surface area (Å²) in [5.41, 5.74) is 0. The molecule has 2 fully saturated rings. The lowest BCUT2D eigenvalue weighted by Crippen LogP contribution is -2.28. The molecule has 1 nitrogen and oxygen atoms in total. The molecule has 0 aromatic heterocycles. The lowest BCUT2D eigenvalue weighted by Gasteiger charge is -2.12. The summed E-state index contributed by atoms with van der Waals surface area (Å²) >= 11 is 0. The van der Waals surface area contributed by atoms with Gasteiger partial charge in [0.05, 0.1) is 0 Å². The Balaban J connectivity index is 1.60. The Morgan fingerprint density at radius 1 is 1.23 bits per heavy atom. The van der Waals surface area contributed by atoms with Crippen molar-refractivity contribution in [1.82, 2.24) is 5.32 Å². The minimum Gasteiger partial charge on any atom is -0.314 e. The minimum atomic E-state index is 0.859. The van der Waals surface area contributed by atoms with E-state index in [9.17, 15) is 0 Å². The zero-order chi connectivity index (χ0) is 9.26. The highest BCUT2D eigenvalue weighted by Gasteiger charge is 2.33. The fourth-order valence-corrected chi connectivity index (χ4v) is 2.63. The molecule has 4 unspecified atom stereocenters. The van der Waals surface area contributed by atoms with Gasteiger partial charge in [-0.05, 0) is 50.0 Å². The van der Waals surface area contributed by atoms with Gasteiger partial charge in [-0.25, -0.2) is 0 Å². The van der Waals surface area contributed by atoms with Crippen LogP contribution in [0.15, 0.2) is 0 Å². The van der Waals surface area contributed by atoms with Gasteiger partial charge in [0.2, 0.25) is 0 Å². The number of hydrogen-bond acceptors (Lipinski definition) is 1. The molecule has 4 atom stereocenters. The Hall–Kier alpha value is -0.0400. The third-order valence-electron chi connectivity index (χ3n) is 4.06. The average molecular weight is 181 g/mol. The van der Waals surface area contributed by atoms with Crippen LogP contribution in [0, 0.1) is 17.8 Å². The van der Waals surface area contributed by atoms with Crippen molar-refractivity contribution >= 4 is 0 Å². The fraction of sp³-hybridized carbons (Fsp3) is 1.00. The van der Waals surface area contributed by atoms with Crippen LogP contribution in [0.2, 0.25) is 0 Å². The van der Waals surface area contributed by atoms with Crippen molar-refractivity contribution in [3.05, 3.63) is 0 Å². The predicted molar refractivity (Wildman–Crippen MR) is 56.7 cm³/mol. The van der Waals surface area contributed by atoms with Crippen molar-refractivity contribution in [2.75, 3.05) is 6.54 Å². The van der Waals surface area contributed by atoms with E-state index in [-0.39, 0.29) is 0 Å². The maximum absolute atomic E-state index is 3.74. The van der Waals surface area contributed by atoms with Gasteiger partial charge in [0.25, 0.3) is 0 Å². The smallest absolute Gasteiger partial charge is 0.00699 e. The van der Waals surface area contributed by atoms with Crippen molar-refractivity contribution in [2.24, 2.45) is 17.8 Å². The molecule has 0 aromatic carbocycles. The Labute approximate surface area is 82.3 Å². The van der Waals surface area contributed by atoms with Crippen molar-refractivity contribution in [2.45, 2.75) is 52.0 Å². The van der Waals surface area contributed by atoms with E-state index in [0.717, 1.165) is 23.8 Å². The molecule has 0 saturated heterocycles. The lowest BCUT2D eigenvalue weighted by atomic mass is 10.1. The number of nitrogens with one attached hydrogen (secondary N) is 1. The molecule has 2 saturated carbocycles. The second-order valence-electron chi connectivity index (χ2n) is 5.17. The summed E-state index contributed by atoms with van der Waals surface area (Å²) in [4.78, 5) is 0. The first-order chi connectivity index (χ1) is 6.29. The summed E-state index contributed by atoms with van der Waals surface area (Å²) in [5, 5.41) is 3.74. The van der Waals surface area contributed by atoms with Crippen LogP contribution in [0.1, 0.15) is 46.0 Å². The van der Waals surface area contributed by atoms with Crippen molar-refractivity contribution in [3.63, 3.8) is 0 Å². The van der Waals surface area contributed by atoms with Gasteiger partial charge in [-0.3, -0.25) is 0 Å². The van der Waals surface area contributed by atoms with Crippen LogP contribution in [0.25, 0.3) is 0 Å². The summed E-state index contributed by atoms with van der Waals surface area (Å²) in [6.07, 6.45) is 7.19. The molecule has 76 valence electrons. The number of rotatable bonds is 4. The SMILES string of the molecule is CCC1CCC(NCC2CC2C)C1. The molecule has 2 rings (SSSR count). The Kier molecular flexibility index (Phi) is 2.92. The van der Waals surface area contributed by atoms with Gasteiger partial charge in [0.1, 0.15) is 0 Å². The molecule has 1 N–H and O–H groups in total. The maximum Gasteiger partial charge on any atom is 0.00699 e. The molecule has 0 bridgehead atoms. The monoisotopic (exact) mass is 181 g/mol. The fourth-order valence-electron chi connectivity index (χ4n) is 2.63. The molecule has 2 aliphatic carbocycles. The number of hydrogen-bond donors (Lipinski definition) is 1. The van der Waals surface area contributed by atoms with Gasteiger partial charge < -0.3 is 5.32 Å². The van der Waals surface area contributed by atoms with Crippen molar-refractivity contribution in [1.29, 1.82) is 0 Å². The molecule has 0 spiro atoms. The summed E-state index contributed by atoms with van der Waals surface area (Å²) in [5.74, 6) is 3.05. The molecule has 1 heteroatoms. The van der Waals surface area contributed by atoms with Crippen LogP contribution in [0.5, 0.6) is 0 Å². The summed E-state index contributed by atoms with van der Waals surface area (Å²) in [6.45, 7) is 5.99. The molecular weight excluding hydrogens is 158 g/mol. The van der Waals surface area contributed by atoms with E-state index >= 15 is 0 Å². The highest BCUT2D eigenvalue weighted by molar-refractivity contribution is 4.87. The molecule has 0 aliphatic heterocycles. The Bertz CT molecular complexity index is 167. The molecule has 2 aliphatic rings. The zero-order valence-electron chi connectivity index (χ0n) is 9.05. The first kappa shape index (κ1) is 9.51. The van der Waals surface area contributed by atoms with E-state index in [1.54, 1.807) is 0 Å². The van der Waals surface area contributed by atoms with E-state index in [4.69, 9.17) is 0 Å². The van der Waals surface area contributed by atoms with E-state index in [1.807, 2.05) is 0 Å². The molecule has 0 amide bonds. The molecule has 0 heterocycles. The van der Waals surface area contributed by atoms with Gasteiger partial charge in [-0.2, -0.15) is 0 Å². The van der Waals surface area contributed by atoms with Gasteiger partial charge in [0.15, 0.2) is 0 Å². The van der Waals surface area contributed by atoms with Crippen LogP contribution < -0.4 is 5.32 Å². The standard InChI is InChI=1S/C12H23N/c1-3-10-4-5-12(7-10)13-8-11-6-9(11)2/h9-13H,3-8H2,1-2H3. The zero-order valence-corrected chi connectivity index (χ0v) is 9.05. The largest absolute Gasteiger partial charge is 0.314 e. The predicted octanol–water partition coefficient (Wildman–Crippen LogP) is 2.81. The van der Waals surface area contributed by atoms with Crippen LogP contribution in [0.4, 0.5) is 0 Å². The van der Waals surface area contributed by atoms with Crippen LogP contribution >= 0.6 is 0 Å². The molecule has 13 heavy (non-hydrogen) atoms. The van der Waals surface area contributed by atoms with E-state index < -0.39 is 0 Å². The normalized spacial score (nSPS) is 43.8. The highest BCUT2D eigenvalue weighted by Crippen LogP contribution is 2.37. The summed E-state index contributed by atoms with van der Waals surface area (Å²) in [6, 6.07) is 0.859. The summed E-state index contributed by atoms with van der Waals surface area (Å²) in [7, 11) is 0. The lowest BCUT2D eigenvalue weighted by molar-refractivity contribution is 0.464. The van der Waals surface area contributed by atoms with Gasteiger partial charge in [-0.15, -0.1) is 0 Å². The first-order valence-electron chi connectivity index (χ1n) is 6.03. The van der Waals surface area contributed by atoms with Crippen LogP contribution in [0.3, 0.4) is 0 Å². The van der Waals surface area contributed by atoms with Crippen molar-refractivity contribution < 1.29 is 0 Å². The van der Waals surface area contributed by atoms with Gasteiger partial charge in [0, 0.05) is 6.04 Å². The van der Waals surface area contributed by atoms with Crippen LogP contribution in [-0.4, -0.2) is 12.6 Å². The van der Waals surface area contributed by atoms with E-state index in [0.29, 0.717) is 0 Å². The second kappa shape index (κ2) is 4.00. The minimum absolute atomic E-state index is 0.859. The van der Waals surface area contributed by atoms with Gasteiger partial charge >= 0.3 is 0 Å². The quantitative estimate of drug-likeness (QED) is 0.703. The van der Waals surface area contributed by atoms with E-state index in [1.165, 1.54) is 38.6 Å². The van der Waals surface area contributed by atoms with Crippen molar-refractivity contribution in [3.8, 4) is 0 Å². The third kappa shape index (κ3) is 2.46. The van der Waals surface area contributed by atoms with Gasteiger partial charge in [-0.1, -0.05) is 20.3 Å². The Morgan fingerprint density at radius 3 is 2.54 bits per heavy atom. The summed E-state index contributed by atoms with van der Waals surface area (Å²) < 4.78 is 0. The topological polar surface area (TPSA) is 12.0 Å².